The number of halogens is 4. The fourth-order valence-electron chi connectivity index (χ4n) is 4.62. The molecule has 8 heteroatoms. The Kier molecular flexibility index (Phi) is 10.2. The molecule has 0 unspecified atom stereocenters. The van der Waals surface area contributed by atoms with Gasteiger partial charge in [-0.05, 0) is 40.5 Å². The molecule has 0 aromatic heterocycles. The summed E-state index contributed by atoms with van der Waals surface area (Å²) in [5, 5.41) is 6.66. The molecule has 3 aromatic carbocycles. The maximum atomic E-state index is 13.1. The minimum Gasteiger partial charge on any atom is -0.314 e. The molecule has 0 aliphatic carbocycles. The van der Waals surface area contributed by atoms with Crippen LogP contribution in [0.1, 0.15) is 16.7 Å². The third-order valence-corrected chi connectivity index (χ3v) is 7.17. The number of piperazine rings is 2. The van der Waals surface area contributed by atoms with Gasteiger partial charge in [0.05, 0.1) is 5.56 Å². The molecule has 0 atom stereocenters. The molecule has 0 radical (unpaired) electrons. The molecule has 0 amide bonds. The van der Waals surface area contributed by atoms with Crippen LogP contribution in [0.15, 0.2) is 77.3 Å². The van der Waals surface area contributed by atoms with E-state index in [-0.39, 0.29) is 5.56 Å². The third-order valence-electron chi connectivity index (χ3n) is 6.64. The molecule has 198 valence electrons. The highest BCUT2D eigenvalue weighted by molar-refractivity contribution is 9.10. The molecule has 5 rings (SSSR count). The first-order chi connectivity index (χ1) is 17.9. The summed E-state index contributed by atoms with van der Waals surface area (Å²) < 4.78 is 40.5. The van der Waals surface area contributed by atoms with Gasteiger partial charge in [0.25, 0.3) is 0 Å². The normalized spacial score (nSPS) is 17.2. The van der Waals surface area contributed by atoms with Crippen LogP contribution in [0.5, 0.6) is 0 Å². The highest BCUT2D eigenvalue weighted by Gasteiger charge is 2.33. The summed E-state index contributed by atoms with van der Waals surface area (Å²) >= 11 is 3.45. The predicted molar refractivity (Wildman–Crippen MR) is 147 cm³/mol. The van der Waals surface area contributed by atoms with Gasteiger partial charge in [-0.1, -0.05) is 70.5 Å². The molecule has 0 bridgehead atoms. The largest absolute Gasteiger partial charge is 0.417 e. The zero-order chi connectivity index (χ0) is 26.1. The molecule has 2 aliphatic heterocycles. The van der Waals surface area contributed by atoms with Gasteiger partial charge in [0, 0.05) is 69.9 Å². The number of hydrogen-bond donors (Lipinski definition) is 2. The fraction of sp³-hybridized carbons (Fsp3) is 0.379. The van der Waals surface area contributed by atoms with Crippen LogP contribution >= 0.6 is 15.9 Å². The second-order valence-corrected chi connectivity index (χ2v) is 10.3. The van der Waals surface area contributed by atoms with Crippen LogP contribution in [-0.4, -0.2) is 62.2 Å². The Morgan fingerprint density at radius 3 is 1.59 bits per heavy atom. The van der Waals surface area contributed by atoms with Crippen molar-refractivity contribution in [1.29, 1.82) is 0 Å². The van der Waals surface area contributed by atoms with Gasteiger partial charge in [-0.3, -0.25) is 9.80 Å². The molecule has 4 nitrogen and oxygen atoms in total. The zero-order valence-corrected chi connectivity index (χ0v) is 22.5. The van der Waals surface area contributed by atoms with Gasteiger partial charge in [-0.2, -0.15) is 13.2 Å². The van der Waals surface area contributed by atoms with E-state index in [1.165, 1.54) is 17.7 Å². The Morgan fingerprint density at radius 1 is 0.649 bits per heavy atom. The minimum atomic E-state index is -4.34. The van der Waals surface area contributed by atoms with E-state index in [0.29, 0.717) is 5.56 Å². The average molecular weight is 576 g/mol. The lowest BCUT2D eigenvalue weighted by Crippen LogP contribution is -2.42. The van der Waals surface area contributed by atoms with Crippen molar-refractivity contribution >= 4 is 15.9 Å². The molecular weight excluding hydrogens is 541 g/mol. The number of alkyl halides is 3. The van der Waals surface area contributed by atoms with E-state index in [9.17, 15) is 13.2 Å². The maximum Gasteiger partial charge on any atom is 0.417 e. The SMILES string of the molecule is Brc1ccc(CN2CCNCC2)cc1.FC(F)(F)c1ccccc1-c1ccc(CN2CCNCC2)cc1. The Balaban J connectivity index is 0.000000195. The first-order valence-corrected chi connectivity index (χ1v) is 13.5. The second kappa shape index (κ2) is 13.5. The first kappa shape index (κ1) is 27.8. The molecule has 37 heavy (non-hydrogen) atoms. The molecule has 0 saturated carbocycles. The number of nitrogens with one attached hydrogen (secondary N) is 2. The molecule has 2 saturated heterocycles. The molecule has 2 aliphatic rings. The van der Waals surface area contributed by atoms with Gasteiger partial charge in [-0.25, -0.2) is 0 Å². The number of rotatable bonds is 5. The van der Waals surface area contributed by atoms with Crippen LogP contribution in [0.25, 0.3) is 11.1 Å². The lowest BCUT2D eigenvalue weighted by atomic mass is 9.98. The van der Waals surface area contributed by atoms with Gasteiger partial charge >= 0.3 is 6.18 Å². The van der Waals surface area contributed by atoms with E-state index in [1.807, 2.05) is 12.1 Å². The van der Waals surface area contributed by atoms with Crippen molar-refractivity contribution < 1.29 is 13.2 Å². The monoisotopic (exact) mass is 574 g/mol. The smallest absolute Gasteiger partial charge is 0.314 e. The van der Waals surface area contributed by atoms with Crippen molar-refractivity contribution in [3.8, 4) is 11.1 Å². The Hall–Kier alpha value is -2.23. The predicted octanol–water partition coefficient (Wildman–Crippen LogP) is 5.63. The summed E-state index contributed by atoms with van der Waals surface area (Å²) in [6.45, 7) is 10.4. The second-order valence-electron chi connectivity index (χ2n) is 9.42. The fourth-order valence-corrected chi connectivity index (χ4v) is 4.88. The van der Waals surface area contributed by atoms with Gasteiger partial charge in [0.1, 0.15) is 0 Å². The summed E-state index contributed by atoms with van der Waals surface area (Å²) in [4.78, 5) is 4.83. The third kappa shape index (κ3) is 8.65. The summed E-state index contributed by atoms with van der Waals surface area (Å²) in [6, 6.07) is 21.7. The van der Waals surface area contributed by atoms with Gasteiger partial charge in [0.2, 0.25) is 0 Å². The van der Waals surface area contributed by atoms with E-state index in [4.69, 9.17) is 0 Å². The highest BCUT2D eigenvalue weighted by atomic mass is 79.9. The van der Waals surface area contributed by atoms with Crippen molar-refractivity contribution in [2.75, 3.05) is 52.4 Å². The van der Waals surface area contributed by atoms with E-state index in [2.05, 4.69) is 60.6 Å². The van der Waals surface area contributed by atoms with Crippen molar-refractivity contribution in [3.05, 3.63) is 94.0 Å². The van der Waals surface area contributed by atoms with E-state index >= 15 is 0 Å². The number of benzene rings is 3. The summed E-state index contributed by atoms with van der Waals surface area (Å²) in [7, 11) is 0. The summed E-state index contributed by atoms with van der Waals surface area (Å²) in [5.41, 5.74) is 2.76. The van der Waals surface area contributed by atoms with Crippen LogP contribution in [0, 0.1) is 0 Å². The van der Waals surface area contributed by atoms with Crippen molar-refractivity contribution in [2.24, 2.45) is 0 Å². The highest BCUT2D eigenvalue weighted by Crippen LogP contribution is 2.36. The van der Waals surface area contributed by atoms with Gasteiger partial charge < -0.3 is 10.6 Å². The molecule has 2 fully saturated rings. The van der Waals surface area contributed by atoms with Crippen LogP contribution in [0.4, 0.5) is 13.2 Å². The Bertz CT molecular complexity index is 1090. The first-order valence-electron chi connectivity index (χ1n) is 12.7. The quantitative estimate of drug-likeness (QED) is 0.413. The molecule has 3 aromatic rings. The lowest BCUT2D eigenvalue weighted by Gasteiger charge is -2.27. The average Bonchev–Trinajstić information content (AvgIpc) is 2.92. The van der Waals surface area contributed by atoms with Crippen LogP contribution < -0.4 is 10.6 Å². The number of hydrogen-bond acceptors (Lipinski definition) is 4. The lowest BCUT2D eigenvalue weighted by molar-refractivity contribution is -0.137. The van der Waals surface area contributed by atoms with Gasteiger partial charge in [-0.15, -0.1) is 0 Å². The van der Waals surface area contributed by atoms with Crippen molar-refractivity contribution in [3.63, 3.8) is 0 Å². The zero-order valence-electron chi connectivity index (χ0n) is 20.9. The van der Waals surface area contributed by atoms with Crippen LogP contribution in [0.2, 0.25) is 0 Å². The molecule has 0 spiro atoms. The Morgan fingerprint density at radius 2 is 1.11 bits per heavy atom. The van der Waals surface area contributed by atoms with Crippen molar-refractivity contribution in [2.45, 2.75) is 19.3 Å². The van der Waals surface area contributed by atoms with Crippen LogP contribution in [0.3, 0.4) is 0 Å². The molecule has 2 heterocycles. The Labute approximate surface area is 226 Å². The molecular formula is C29H34BrF3N4. The molecule has 2 N–H and O–H groups in total. The van der Waals surface area contributed by atoms with Crippen molar-refractivity contribution in [1.82, 2.24) is 20.4 Å². The standard InChI is InChI=1S/C18H19F3N2.C11H15BrN2/c19-18(20,21)17-4-2-1-3-16(17)15-7-5-14(6-8-15)13-23-11-9-22-10-12-23;12-11-3-1-10(2-4-11)9-14-7-5-13-6-8-14/h1-8,22H,9-13H2;1-4,13H,5-9H2. The van der Waals surface area contributed by atoms with E-state index in [0.717, 1.165) is 81.6 Å². The topological polar surface area (TPSA) is 30.5 Å². The van der Waals surface area contributed by atoms with E-state index in [1.54, 1.807) is 18.2 Å². The van der Waals surface area contributed by atoms with Gasteiger partial charge in [0.15, 0.2) is 0 Å². The van der Waals surface area contributed by atoms with E-state index < -0.39 is 11.7 Å². The maximum absolute atomic E-state index is 13.1. The number of nitrogens with zero attached hydrogens (tertiary/aromatic N) is 2. The summed E-state index contributed by atoms with van der Waals surface area (Å²) in [6.07, 6.45) is -4.34. The summed E-state index contributed by atoms with van der Waals surface area (Å²) in [5.74, 6) is 0. The van der Waals surface area contributed by atoms with Crippen LogP contribution in [-0.2, 0) is 19.3 Å². The minimum absolute atomic E-state index is 0.230.